The molecule has 0 radical (unpaired) electrons. The number of amides is 1. The maximum atomic E-state index is 12.9. The van der Waals surface area contributed by atoms with E-state index in [4.69, 9.17) is 9.47 Å². The summed E-state index contributed by atoms with van der Waals surface area (Å²) in [6, 6.07) is 9.57. The molecule has 1 aliphatic rings. The minimum absolute atomic E-state index is 0.343. The van der Waals surface area contributed by atoms with Crippen LogP contribution in [0, 0.1) is 13.8 Å². The number of fused-ring (bicyclic) bond motifs is 1. The number of para-hydroxylation sites is 1. The van der Waals surface area contributed by atoms with Crippen LogP contribution >= 0.6 is 0 Å². The molecule has 0 spiro atoms. The molecule has 3 rings (SSSR count). The van der Waals surface area contributed by atoms with Crippen molar-refractivity contribution in [3.05, 3.63) is 47.5 Å². The number of nitrogens with one attached hydrogen (secondary N) is 1. The van der Waals surface area contributed by atoms with Gasteiger partial charge in [0, 0.05) is 11.8 Å². The summed E-state index contributed by atoms with van der Waals surface area (Å²) in [7, 11) is -3.73. The molecular weight excluding hydrogens is 380 g/mol. The number of hydrogen-bond acceptors (Lipinski definition) is 5. The van der Waals surface area contributed by atoms with Crippen LogP contribution in [-0.2, 0) is 14.8 Å². The van der Waals surface area contributed by atoms with Crippen LogP contribution in [0.25, 0.3) is 0 Å². The van der Waals surface area contributed by atoms with E-state index in [1.165, 1.54) is 0 Å². The van der Waals surface area contributed by atoms with Crippen molar-refractivity contribution < 1.29 is 22.7 Å². The van der Waals surface area contributed by atoms with Crippen LogP contribution < -0.4 is 19.1 Å². The van der Waals surface area contributed by atoms with Crippen LogP contribution in [0.4, 0.5) is 11.4 Å². The molecule has 1 N–H and O–H groups in total. The van der Waals surface area contributed by atoms with Crippen LogP contribution in [0.2, 0.25) is 0 Å². The van der Waals surface area contributed by atoms with E-state index in [-0.39, 0.29) is 0 Å². The second-order valence-electron chi connectivity index (χ2n) is 6.82. The number of sulfonamides is 1. The standard InChI is InChI=1S/C20H24N2O5S/c1-13-6-5-7-14(2)19(13)21-20(23)15(3)22(28(4,24)25)16-8-9-17-18(12-16)27-11-10-26-17/h5-9,12,15H,10-11H2,1-4H3,(H,21,23). The third kappa shape index (κ3) is 4.06. The van der Waals surface area contributed by atoms with Crippen molar-refractivity contribution in [1.82, 2.24) is 0 Å². The SMILES string of the molecule is Cc1cccc(C)c1NC(=O)C(C)N(c1ccc2c(c1)OCCO2)S(C)(=O)=O. The molecule has 1 unspecified atom stereocenters. The number of ether oxygens (including phenoxy) is 2. The van der Waals surface area contributed by atoms with Gasteiger partial charge in [0.1, 0.15) is 19.3 Å². The molecule has 0 saturated heterocycles. The fraction of sp³-hybridized carbons (Fsp3) is 0.350. The molecule has 0 aliphatic carbocycles. The van der Waals surface area contributed by atoms with Crippen molar-refractivity contribution in [2.24, 2.45) is 0 Å². The monoisotopic (exact) mass is 404 g/mol. The summed E-state index contributed by atoms with van der Waals surface area (Å²) < 4.78 is 37.1. The van der Waals surface area contributed by atoms with Gasteiger partial charge in [-0.3, -0.25) is 9.10 Å². The number of carbonyl (C=O) groups excluding carboxylic acids is 1. The first-order valence-electron chi connectivity index (χ1n) is 8.94. The van der Waals surface area contributed by atoms with Crippen molar-refractivity contribution >= 4 is 27.3 Å². The molecular formula is C20H24N2O5S. The van der Waals surface area contributed by atoms with Crippen molar-refractivity contribution in [3.63, 3.8) is 0 Å². The second kappa shape index (κ2) is 7.71. The van der Waals surface area contributed by atoms with Gasteiger partial charge in [-0.2, -0.15) is 0 Å². The number of benzene rings is 2. The lowest BCUT2D eigenvalue weighted by Gasteiger charge is -2.29. The Bertz CT molecular complexity index is 983. The third-order valence-electron chi connectivity index (χ3n) is 4.60. The van der Waals surface area contributed by atoms with Gasteiger partial charge in [0.25, 0.3) is 0 Å². The minimum atomic E-state index is -3.73. The largest absolute Gasteiger partial charge is 0.486 e. The number of carbonyl (C=O) groups is 1. The topological polar surface area (TPSA) is 84.9 Å². The molecule has 8 heteroatoms. The Labute approximate surface area is 165 Å². The van der Waals surface area contributed by atoms with Gasteiger partial charge in [-0.05, 0) is 44.0 Å². The quantitative estimate of drug-likeness (QED) is 0.828. The van der Waals surface area contributed by atoms with Crippen molar-refractivity contribution in [2.75, 3.05) is 29.1 Å². The molecule has 2 aromatic rings. The molecule has 0 fully saturated rings. The molecule has 2 aromatic carbocycles. The van der Waals surface area contributed by atoms with E-state index in [9.17, 15) is 13.2 Å². The average molecular weight is 404 g/mol. The number of anilines is 2. The van der Waals surface area contributed by atoms with Gasteiger partial charge in [-0.25, -0.2) is 8.42 Å². The van der Waals surface area contributed by atoms with Crippen molar-refractivity contribution in [3.8, 4) is 11.5 Å². The normalized spacial score (nSPS) is 14.3. The number of nitrogens with zero attached hydrogens (tertiary/aromatic N) is 1. The Morgan fingerprint density at radius 3 is 2.29 bits per heavy atom. The zero-order chi connectivity index (χ0) is 20.5. The van der Waals surface area contributed by atoms with E-state index in [0.717, 1.165) is 21.7 Å². The van der Waals surface area contributed by atoms with Gasteiger partial charge in [0.2, 0.25) is 15.9 Å². The minimum Gasteiger partial charge on any atom is -0.486 e. The van der Waals surface area contributed by atoms with E-state index in [2.05, 4.69) is 5.32 Å². The van der Waals surface area contributed by atoms with Gasteiger partial charge in [-0.15, -0.1) is 0 Å². The fourth-order valence-corrected chi connectivity index (χ4v) is 4.38. The number of hydrogen-bond donors (Lipinski definition) is 1. The molecule has 1 heterocycles. The van der Waals surface area contributed by atoms with Gasteiger partial charge < -0.3 is 14.8 Å². The summed E-state index contributed by atoms with van der Waals surface area (Å²) >= 11 is 0. The van der Waals surface area contributed by atoms with Gasteiger partial charge in [0.15, 0.2) is 11.5 Å². The molecule has 1 atom stereocenters. The highest BCUT2D eigenvalue weighted by Gasteiger charge is 2.30. The highest BCUT2D eigenvalue weighted by atomic mass is 32.2. The lowest BCUT2D eigenvalue weighted by Crippen LogP contribution is -2.45. The lowest BCUT2D eigenvalue weighted by atomic mass is 10.1. The van der Waals surface area contributed by atoms with Gasteiger partial charge >= 0.3 is 0 Å². The molecule has 1 aliphatic heterocycles. The Hall–Kier alpha value is -2.74. The molecule has 0 aromatic heterocycles. The van der Waals surface area contributed by atoms with E-state index in [0.29, 0.717) is 36.1 Å². The predicted octanol–water partition coefficient (Wildman–Crippen LogP) is 2.87. The Kier molecular flexibility index (Phi) is 5.51. The number of aryl methyl sites for hydroxylation is 2. The summed E-state index contributed by atoms with van der Waals surface area (Å²) in [5.74, 6) is 0.591. The van der Waals surface area contributed by atoms with Gasteiger partial charge in [-0.1, -0.05) is 18.2 Å². The molecule has 28 heavy (non-hydrogen) atoms. The maximum Gasteiger partial charge on any atom is 0.248 e. The zero-order valence-corrected chi connectivity index (χ0v) is 17.2. The first kappa shape index (κ1) is 20.0. The smallest absolute Gasteiger partial charge is 0.248 e. The summed E-state index contributed by atoms with van der Waals surface area (Å²) in [4.78, 5) is 12.9. The maximum absolute atomic E-state index is 12.9. The number of rotatable bonds is 5. The highest BCUT2D eigenvalue weighted by molar-refractivity contribution is 7.92. The Morgan fingerprint density at radius 2 is 1.68 bits per heavy atom. The third-order valence-corrected chi connectivity index (χ3v) is 5.84. The van der Waals surface area contributed by atoms with Crippen LogP contribution in [0.3, 0.4) is 0 Å². The molecule has 150 valence electrons. The van der Waals surface area contributed by atoms with E-state index < -0.39 is 22.0 Å². The van der Waals surface area contributed by atoms with E-state index >= 15 is 0 Å². The summed E-state index contributed by atoms with van der Waals surface area (Å²) in [6.45, 7) is 6.17. The fourth-order valence-electron chi connectivity index (χ4n) is 3.22. The first-order chi connectivity index (χ1) is 13.2. The van der Waals surface area contributed by atoms with E-state index in [1.54, 1.807) is 25.1 Å². The van der Waals surface area contributed by atoms with Gasteiger partial charge in [0.05, 0.1) is 11.9 Å². The predicted molar refractivity (Wildman–Crippen MR) is 109 cm³/mol. The summed E-state index contributed by atoms with van der Waals surface area (Å²) in [6.07, 6.45) is 1.08. The van der Waals surface area contributed by atoms with Crippen LogP contribution in [0.1, 0.15) is 18.1 Å². The average Bonchev–Trinajstić information content (AvgIpc) is 2.63. The lowest BCUT2D eigenvalue weighted by molar-refractivity contribution is -0.116. The Balaban J connectivity index is 1.93. The highest BCUT2D eigenvalue weighted by Crippen LogP contribution is 2.35. The summed E-state index contributed by atoms with van der Waals surface area (Å²) in [5.41, 5.74) is 2.85. The van der Waals surface area contributed by atoms with Crippen molar-refractivity contribution in [2.45, 2.75) is 26.8 Å². The van der Waals surface area contributed by atoms with Crippen LogP contribution in [0.5, 0.6) is 11.5 Å². The molecule has 1 amide bonds. The second-order valence-corrected chi connectivity index (χ2v) is 8.68. The molecule has 0 bridgehead atoms. The Morgan fingerprint density at radius 1 is 1.07 bits per heavy atom. The summed E-state index contributed by atoms with van der Waals surface area (Å²) in [5, 5.41) is 2.86. The zero-order valence-electron chi connectivity index (χ0n) is 16.4. The van der Waals surface area contributed by atoms with E-state index in [1.807, 2.05) is 32.0 Å². The molecule has 7 nitrogen and oxygen atoms in total. The molecule has 0 saturated carbocycles. The van der Waals surface area contributed by atoms with Crippen molar-refractivity contribution in [1.29, 1.82) is 0 Å². The first-order valence-corrected chi connectivity index (χ1v) is 10.8. The van der Waals surface area contributed by atoms with Crippen LogP contribution in [0.15, 0.2) is 36.4 Å². The van der Waals surface area contributed by atoms with Crippen LogP contribution in [-0.4, -0.2) is 39.8 Å².